The first kappa shape index (κ1) is 10.9. The molecular weight excluding hydrogens is 162 g/mol. The Kier molecular flexibility index (Phi) is 4.28. The van der Waals surface area contributed by atoms with Crippen molar-refractivity contribution in [3.05, 3.63) is 0 Å². The summed E-state index contributed by atoms with van der Waals surface area (Å²) < 4.78 is 0. The molecule has 0 fully saturated rings. The number of carboxylic acids is 2. The summed E-state index contributed by atoms with van der Waals surface area (Å²) in [6.45, 7) is 0. The molecule has 5 nitrogen and oxygen atoms in total. The second kappa shape index (κ2) is 4.71. The monoisotopic (exact) mass is 175 g/mol. The van der Waals surface area contributed by atoms with Crippen LogP contribution in [0.25, 0.3) is 0 Å². The van der Waals surface area contributed by atoms with Crippen molar-refractivity contribution in [2.75, 3.05) is 14.1 Å². The van der Waals surface area contributed by atoms with E-state index in [1.165, 1.54) is 4.90 Å². The van der Waals surface area contributed by atoms with Gasteiger partial charge < -0.3 is 10.2 Å². The first-order chi connectivity index (χ1) is 5.45. The molecule has 12 heavy (non-hydrogen) atoms. The summed E-state index contributed by atoms with van der Waals surface area (Å²) in [7, 11) is 3.22. The number of aliphatic carboxylic acids is 2. The Morgan fingerprint density at radius 2 is 1.83 bits per heavy atom. The zero-order valence-electron chi connectivity index (χ0n) is 7.15. The average molecular weight is 175 g/mol. The van der Waals surface area contributed by atoms with E-state index >= 15 is 0 Å². The summed E-state index contributed by atoms with van der Waals surface area (Å²) in [4.78, 5) is 22.1. The quantitative estimate of drug-likeness (QED) is 0.608. The standard InChI is InChI=1S/C7H13NO4/c1-8(2)5(7(11)12)3-4-6(9)10/h5H,3-4H2,1-2H3,(H,9,10)(H,11,12)/t5-/m1/s1. The van der Waals surface area contributed by atoms with E-state index < -0.39 is 18.0 Å². The molecule has 0 radical (unpaired) electrons. The van der Waals surface area contributed by atoms with Crippen molar-refractivity contribution in [2.24, 2.45) is 0 Å². The molecule has 2 N–H and O–H groups in total. The predicted molar refractivity (Wildman–Crippen MR) is 42.0 cm³/mol. The van der Waals surface area contributed by atoms with Gasteiger partial charge in [-0.05, 0) is 20.5 Å². The molecule has 0 spiro atoms. The van der Waals surface area contributed by atoms with Gasteiger partial charge in [0.25, 0.3) is 0 Å². The summed E-state index contributed by atoms with van der Waals surface area (Å²) in [5.74, 6) is -1.95. The van der Waals surface area contributed by atoms with E-state index in [1.807, 2.05) is 0 Å². The fourth-order valence-electron chi connectivity index (χ4n) is 0.863. The van der Waals surface area contributed by atoms with Crippen LogP contribution < -0.4 is 0 Å². The molecule has 0 saturated carbocycles. The van der Waals surface area contributed by atoms with E-state index in [4.69, 9.17) is 10.2 Å². The Bertz CT molecular complexity index is 178. The zero-order chi connectivity index (χ0) is 9.72. The highest BCUT2D eigenvalue weighted by Gasteiger charge is 2.20. The maximum absolute atomic E-state index is 10.5. The second-order valence-electron chi connectivity index (χ2n) is 2.75. The van der Waals surface area contributed by atoms with Gasteiger partial charge in [-0.2, -0.15) is 0 Å². The van der Waals surface area contributed by atoms with Crippen LogP contribution in [-0.4, -0.2) is 47.2 Å². The van der Waals surface area contributed by atoms with Gasteiger partial charge in [0.2, 0.25) is 0 Å². The van der Waals surface area contributed by atoms with Gasteiger partial charge >= 0.3 is 11.9 Å². The molecule has 0 rings (SSSR count). The normalized spacial score (nSPS) is 12.9. The maximum Gasteiger partial charge on any atom is 0.320 e. The highest BCUT2D eigenvalue weighted by molar-refractivity contribution is 5.74. The minimum absolute atomic E-state index is 0.116. The molecule has 0 aromatic heterocycles. The van der Waals surface area contributed by atoms with Crippen molar-refractivity contribution in [2.45, 2.75) is 18.9 Å². The Morgan fingerprint density at radius 1 is 1.33 bits per heavy atom. The lowest BCUT2D eigenvalue weighted by atomic mass is 10.1. The Morgan fingerprint density at radius 3 is 2.08 bits per heavy atom. The molecule has 0 aliphatic heterocycles. The van der Waals surface area contributed by atoms with Gasteiger partial charge in [-0.3, -0.25) is 14.5 Å². The van der Waals surface area contributed by atoms with E-state index in [1.54, 1.807) is 14.1 Å². The maximum atomic E-state index is 10.5. The van der Waals surface area contributed by atoms with Crippen molar-refractivity contribution in [3.8, 4) is 0 Å². The number of carbonyl (C=O) groups is 2. The van der Waals surface area contributed by atoms with Crippen LogP contribution in [0.15, 0.2) is 0 Å². The Labute approximate surface area is 70.6 Å². The summed E-state index contributed by atoms with van der Waals surface area (Å²) in [5, 5.41) is 16.9. The fourth-order valence-corrected chi connectivity index (χ4v) is 0.863. The number of hydrogen-bond acceptors (Lipinski definition) is 3. The third-order valence-corrected chi connectivity index (χ3v) is 1.54. The van der Waals surface area contributed by atoms with Crippen LogP contribution >= 0.6 is 0 Å². The van der Waals surface area contributed by atoms with Gasteiger partial charge in [-0.25, -0.2) is 0 Å². The van der Waals surface area contributed by atoms with E-state index in [-0.39, 0.29) is 12.8 Å². The minimum atomic E-state index is -0.985. The molecule has 70 valence electrons. The lowest BCUT2D eigenvalue weighted by Crippen LogP contribution is -2.35. The largest absolute Gasteiger partial charge is 0.481 e. The SMILES string of the molecule is CN(C)[C@H](CCC(=O)O)C(=O)O. The van der Waals surface area contributed by atoms with Gasteiger partial charge in [0.15, 0.2) is 0 Å². The van der Waals surface area contributed by atoms with Crippen LogP contribution in [0.2, 0.25) is 0 Å². The molecular formula is C7H13NO4. The number of hydrogen-bond donors (Lipinski definition) is 2. The summed E-state index contributed by atoms with van der Waals surface area (Å²) in [6, 6.07) is -0.707. The first-order valence-electron chi connectivity index (χ1n) is 3.56. The van der Waals surface area contributed by atoms with Crippen LogP contribution in [0.4, 0.5) is 0 Å². The Hall–Kier alpha value is -1.10. The molecule has 0 heterocycles. The van der Waals surface area contributed by atoms with Crippen LogP contribution in [0, 0.1) is 0 Å². The lowest BCUT2D eigenvalue weighted by molar-refractivity contribution is -0.143. The molecule has 0 amide bonds. The molecule has 0 aromatic rings. The lowest BCUT2D eigenvalue weighted by Gasteiger charge is -2.18. The Balaban J connectivity index is 3.97. The average Bonchev–Trinajstić information content (AvgIpc) is 1.84. The van der Waals surface area contributed by atoms with E-state index in [0.717, 1.165) is 0 Å². The smallest absolute Gasteiger partial charge is 0.320 e. The highest BCUT2D eigenvalue weighted by Crippen LogP contribution is 2.03. The minimum Gasteiger partial charge on any atom is -0.481 e. The van der Waals surface area contributed by atoms with Gasteiger partial charge in [0.1, 0.15) is 6.04 Å². The zero-order valence-corrected chi connectivity index (χ0v) is 7.15. The number of likely N-dealkylation sites (N-methyl/N-ethyl adjacent to an activating group) is 1. The van der Waals surface area contributed by atoms with Gasteiger partial charge in [0, 0.05) is 6.42 Å². The van der Waals surface area contributed by atoms with Crippen molar-refractivity contribution in [1.29, 1.82) is 0 Å². The summed E-state index contributed by atoms with van der Waals surface area (Å²) >= 11 is 0. The van der Waals surface area contributed by atoms with Crippen LogP contribution in [-0.2, 0) is 9.59 Å². The predicted octanol–water partition coefficient (Wildman–Crippen LogP) is -0.134. The van der Waals surface area contributed by atoms with Crippen molar-refractivity contribution in [3.63, 3.8) is 0 Å². The highest BCUT2D eigenvalue weighted by atomic mass is 16.4. The van der Waals surface area contributed by atoms with Crippen LogP contribution in [0.5, 0.6) is 0 Å². The summed E-state index contributed by atoms with van der Waals surface area (Å²) in [6.07, 6.45) is 0.0206. The molecule has 0 aliphatic rings. The fraction of sp³-hybridized carbons (Fsp3) is 0.714. The number of carboxylic acid groups (broad SMARTS) is 2. The first-order valence-corrected chi connectivity index (χ1v) is 3.56. The van der Waals surface area contributed by atoms with E-state index in [9.17, 15) is 9.59 Å². The molecule has 0 aromatic carbocycles. The molecule has 0 bridgehead atoms. The molecule has 0 unspecified atom stereocenters. The number of nitrogens with zero attached hydrogens (tertiary/aromatic N) is 1. The number of rotatable bonds is 5. The molecule has 1 atom stereocenters. The second-order valence-corrected chi connectivity index (χ2v) is 2.75. The van der Waals surface area contributed by atoms with Crippen molar-refractivity contribution in [1.82, 2.24) is 4.90 Å². The van der Waals surface area contributed by atoms with Gasteiger partial charge in [-0.15, -0.1) is 0 Å². The van der Waals surface area contributed by atoms with Gasteiger partial charge in [0.05, 0.1) is 0 Å². The molecule has 0 saturated heterocycles. The van der Waals surface area contributed by atoms with E-state index in [2.05, 4.69) is 0 Å². The molecule has 0 aliphatic carbocycles. The molecule has 5 heteroatoms. The summed E-state index contributed by atoms with van der Waals surface area (Å²) in [5.41, 5.74) is 0. The third-order valence-electron chi connectivity index (χ3n) is 1.54. The van der Waals surface area contributed by atoms with E-state index in [0.29, 0.717) is 0 Å². The third kappa shape index (κ3) is 3.92. The van der Waals surface area contributed by atoms with Crippen LogP contribution in [0.1, 0.15) is 12.8 Å². The van der Waals surface area contributed by atoms with Crippen LogP contribution in [0.3, 0.4) is 0 Å². The van der Waals surface area contributed by atoms with Crippen molar-refractivity contribution < 1.29 is 19.8 Å². The van der Waals surface area contributed by atoms with Crippen molar-refractivity contribution >= 4 is 11.9 Å². The topological polar surface area (TPSA) is 77.8 Å². The van der Waals surface area contributed by atoms with Gasteiger partial charge in [-0.1, -0.05) is 0 Å².